The van der Waals surface area contributed by atoms with E-state index in [0.717, 1.165) is 0 Å². The largest absolute Gasteiger partial charge is 0.409 e. The van der Waals surface area contributed by atoms with E-state index < -0.39 is 32.9 Å². The van der Waals surface area contributed by atoms with E-state index in [4.69, 9.17) is 9.16 Å². The fourth-order valence-electron chi connectivity index (χ4n) is 1.94. The van der Waals surface area contributed by atoms with Crippen molar-refractivity contribution in [2.75, 3.05) is 6.61 Å². The third kappa shape index (κ3) is 3.79. The van der Waals surface area contributed by atoms with Gasteiger partial charge in [-0.25, -0.2) is 0 Å². The van der Waals surface area contributed by atoms with Crippen LogP contribution < -0.4 is 5.32 Å². The molecule has 3 N–H and O–H groups in total. The normalized spacial score (nSPS) is 31.4. The zero-order valence-corrected chi connectivity index (χ0v) is 14.1. The number of hydrogen-bond acceptors (Lipinski definition) is 5. The van der Waals surface area contributed by atoms with Gasteiger partial charge in [-0.2, -0.15) is 0 Å². The van der Waals surface area contributed by atoms with Crippen LogP contribution in [0.2, 0.25) is 18.1 Å². The van der Waals surface area contributed by atoms with E-state index in [9.17, 15) is 15.0 Å². The highest BCUT2D eigenvalue weighted by Crippen LogP contribution is 2.39. The van der Waals surface area contributed by atoms with Gasteiger partial charge in [0.05, 0.1) is 12.7 Å². The first-order valence-electron chi connectivity index (χ1n) is 6.89. The molecule has 0 spiro atoms. The molecular formula is C13H27NO5Si. The third-order valence-corrected chi connectivity index (χ3v) is 8.60. The first-order chi connectivity index (χ1) is 8.99. The molecule has 0 aliphatic carbocycles. The minimum absolute atomic E-state index is 0.0126. The van der Waals surface area contributed by atoms with Gasteiger partial charge in [-0.05, 0) is 18.1 Å². The Morgan fingerprint density at radius 3 is 2.35 bits per heavy atom. The van der Waals surface area contributed by atoms with Gasteiger partial charge in [0, 0.05) is 6.92 Å². The molecule has 1 amide bonds. The van der Waals surface area contributed by atoms with Crippen molar-refractivity contribution in [1.82, 2.24) is 5.32 Å². The smallest absolute Gasteiger partial charge is 0.217 e. The lowest BCUT2D eigenvalue weighted by Gasteiger charge is -2.40. The van der Waals surface area contributed by atoms with Crippen LogP contribution in [0, 0.1) is 0 Å². The molecule has 6 nitrogen and oxygen atoms in total. The van der Waals surface area contributed by atoms with Crippen LogP contribution in [-0.4, -0.2) is 55.6 Å². The number of rotatable bonds is 4. The van der Waals surface area contributed by atoms with E-state index in [1.165, 1.54) is 6.92 Å². The summed E-state index contributed by atoms with van der Waals surface area (Å²) in [6.07, 6.45) is -2.33. The molecule has 0 aromatic heterocycles. The van der Waals surface area contributed by atoms with Gasteiger partial charge >= 0.3 is 0 Å². The lowest BCUT2D eigenvalue weighted by molar-refractivity contribution is -0.127. The Kier molecular flexibility index (Phi) is 5.37. The number of carbonyl (C=O) groups is 1. The van der Waals surface area contributed by atoms with E-state index in [0.29, 0.717) is 0 Å². The summed E-state index contributed by atoms with van der Waals surface area (Å²) in [4.78, 5) is 11.3. The van der Waals surface area contributed by atoms with Gasteiger partial charge in [-0.1, -0.05) is 20.8 Å². The van der Waals surface area contributed by atoms with Crippen LogP contribution in [-0.2, 0) is 14.0 Å². The summed E-state index contributed by atoms with van der Waals surface area (Å²) < 4.78 is 11.5. The van der Waals surface area contributed by atoms with Crippen molar-refractivity contribution in [3.8, 4) is 0 Å². The minimum Gasteiger partial charge on any atom is -0.409 e. The highest BCUT2D eigenvalue weighted by molar-refractivity contribution is 6.74. The maximum absolute atomic E-state index is 11.3. The number of carbonyl (C=O) groups excluding carboxylic acids is 1. The molecule has 1 heterocycles. The molecule has 1 rings (SSSR count). The van der Waals surface area contributed by atoms with Crippen molar-refractivity contribution in [3.63, 3.8) is 0 Å². The quantitative estimate of drug-likeness (QED) is 0.662. The number of hydrogen-bond donors (Lipinski definition) is 3. The first-order valence-corrected chi connectivity index (χ1v) is 9.79. The number of ether oxygens (including phenoxy) is 1. The molecule has 0 radical (unpaired) electrons. The van der Waals surface area contributed by atoms with E-state index in [2.05, 4.69) is 39.2 Å². The second-order valence-corrected chi connectivity index (χ2v) is 11.6. The molecule has 7 heteroatoms. The van der Waals surface area contributed by atoms with Crippen LogP contribution in [0.1, 0.15) is 27.7 Å². The van der Waals surface area contributed by atoms with Gasteiger partial charge in [0.15, 0.2) is 14.6 Å². The second-order valence-electron chi connectivity index (χ2n) is 6.82. The summed E-state index contributed by atoms with van der Waals surface area (Å²) in [6.45, 7) is 11.6. The molecule has 0 saturated carbocycles. The van der Waals surface area contributed by atoms with Crippen LogP contribution in [0.5, 0.6) is 0 Å². The molecule has 118 valence electrons. The molecule has 4 atom stereocenters. The minimum atomic E-state index is -2.10. The van der Waals surface area contributed by atoms with Gasteiger partial charge in [0.1, 0.15) is 12.1 Å². The Morgan fingerprint density at radius 1 is 1.40 bits per heavy atom. The van der Waals surface area contributed by atoms with Crippen molar-refractivity contribution in [3.05, 3.63) is 0 Å². The van der Waals surface area contributed by atoms with Crippen LogP contribution >= 0.6 is 0 Å². The monoisotopic (exact) mass is 305 g/mol. The van der Waals surface area contributed by atoms with Gasteiger partial charge < -0.3 is 24.7 Å². The summed E-state index contributed by atoms with van der Waals surface area (Å²) in [5.41, 5.74) is 0. The van der Waals surface area contributed by atoms with Crippen molar-refractivity contribution in [1.29, 1.82) is 0 Å². The van der Waals surface area contributed by atoms with Crippen molar-refractivity contribution in [2.45, 2.75) is 70.4 Å². The topological polar surface area (TPSA) is 88.0 Å². The zero-order chi connectivity index (χ0) is 15.7. The highest BCUT2D eigenvalue weighted by atomic mass is 28.4. The molecule has 20 heavy (non-hydrogen) atoms. The molecule has 0 bridgehead atoms. The van der Waals surface area contributed by atoms with Gasteiger partial charge in [-0.15, -0.1) is 0 Å². The molecule has 0 aromatic rings. The first kappa shape index (κ1) is 17.6. The lowest BCUT2D eigenvalue weighted by atomic mass is 10.1. The molecule has 1 aliphatic heterocycles. The predicted octanol–water partition coefficient (Wildman–Crippen LogP) is 0.591. The Morgan fingerprint density at radius 2 is 1.95 bits per heavy atom. The molecule has 1 fully saturated rings. The third-order valence-electron chi connectivity index (χ3n) is 4.13. The highest BCUT2D eigenvalue weighted by Gasteiger charge is 2.49. The van der Waals surface area contributed by atoms with Crippen molar-refractivity contribution < 1.29 is 24.2 Å². The SMILES string of the molecule is CC(=O)N[C@@H]1C(O)O[C@H](CO)C1O[Si](C)(C)C(C)(C)C. The van der Waals surface area contributed by atoms with E-state index in [1.54, 1.807) is 0 Å². The molecule has 0 aromatic carbocycles. The number of nitrogens with one attached hydrogen (secondary N) is 1. The van der Waals surface area contributed by atoms with Crippen molar-refractivity contribution in [2.24, 2.45) is 0 Å². The average Bonchev–Trinajstić information content (AvgIpc) is 2.54. The lowest BCUT2D eigenvalue weighted by Crippen LogP contribution is -2.54. The Labute approximate surface area is 121 Å². The fourth-order valence-corrected chi connectivity index (χ4v) is 3.27. The maximum atomic E-state index is 11.3. The summed E-state index contributed by atoms with van der Waals surface area (Å²) in [7, 11) is -2.10. The zero-order valence-electron chi connectivity index (χ0n) is 13.1. The Balaban J connectivity index is 2.94. The van der Waals surface area contributed by atoms with Gasteiger partial charge in [0.25, 0.3) is 0 Å². The van der Waals surface area contributed by atoms with Crippen LogP contribution in [0.3, 0.4) is 0 Å². The number of aliphatic hydroxyl groups is 2. The molecule has 2 unspecified atom stereocenters. The molecule has 1 saturated heterocycles. The molecule has 1 aliphatic rings. The summed E-state index contributed by atoms with van der Waals surface area (Å²) in [6, 6.07) is -0.654. The summed E-state index contributed by atoms with van der Waals surface area (Å²) in [5, 5.41) is 21.9. The predicted molar refractivity (Wildman–Crippen MR) is 77.6 cm³/mol. The van der Waals surface area contributed by atoms with Crippen LogP contribution in [0.4, 0.5) is 0 Å². The standard InChI is InChI=1S/C13H27NO5Si/c1-8(16)14-10-11(9(7-15)18-12(10)17)19-20(5,6)13(2,3)4/h9-12,15,17H,7H2,1-6H3,(H,14,16)/t9-,10+,11?,12?/m1/s1. The van der Waals surface area contributed by atoms with Gasteiger partial charge in [0.2, 0.25) is 5.91 Å². The number of amides is 1. The summed E-state index contributed by atoms with van der Waals surface area (Å²) in [5.74, 6) is -0.264. The van der Waals surface area contributed by atoms with Gasteiger partial charge in [-0.3, -0.25) is 4.79 Å². The molecular weight excluding hydrogens is 278 g/mol. The van der Waals surface area contributed by atoms with Crippen LogP contribution in [0.25, 0.3) is 0 Å². The van der Waals surface area contributed by atoms with Crippen molar-refractivity contribution >= 4 is 14.2 Å². The second kappa shape index (κ2) is 6.11. The fraction of sp³-hybridized carbons (Fsp3) is 0.923. The Hall–Kier alpha value is -0.473. The van der Waals surface area contributed by atoms with E-state index in [-0.39, 0.29) is 17.6 Å². The number of aliphatic hydroxyl groups excluding tert-OH is 2. The average molecular weight is 305 g/mol. The van der Waals surface area contributed by atoms with E-state index in [1.807, 2.05) is 0 Å². The van der Waals surface area contributed by atoms with Crippen LogP contribution in [0.15, 0.2) is 0 Å². The maximum Gasteiger partial charge on any atom is 0.217 e. The van der Waals surface area contributed by atoms with E-state index >= 15 is 0 Å². The summed E-state index contributed by atoms with van der Waals surface area (Å²) >= 11 is 0. The Bertz CT molecular complexity index is 355.